The molecule has 2 aromatic carbocycles. The average Bonchev–Trinajstić information content (AvgIpc) is 2.78. The summed E-state index contributed by atoms with van der Waals surface area (Å²) in [6, 6.07) is 10.0. The molecule has 9 heteroatoms. The van der Waals surface area contributed by atoms with Crippen molar-refractivity contribution < 1.29 is 9.66 Å². The third-order valence-electron chi connectivity index (χ3n) is 5.52. The molecule has 0 amide bonds. The highest BCUT2D eigenvalue weighted by Gasteiger charge is 2.23. The Kier molecular flexibility index (Phi) is 5.99. The van der Waals surface area contributed by atoms with Gasteiger partial charge in [0.2, 0.25) is 5.75 Å². The molecule has 1 aliphatic carbocycles. The van der Waals surface area contributed by atoms with Crippen molar-refractivity contribution in [3.8, 4) is 5.75 Å². The fourth-order valence-corrected chi connectivity index (χ4v) is 4.31. The highest BCUT2D eigenvalue weighted by molar-refractivity contribution is 6.32. The van der Waals surface area contributed by atoms with Gasteiger partial charge in [-0.2, -0.15) is 9.78 Å². The second kappa shape index (κ2) is 8.85. The molecule has 0 bridgehead atoms. The summed E-state index contributed by atoms with van der Waals surface area (Å²) in [5, 5.41) is 16.3. The van der Waals surface area contributed by atoms with Crippen molar-refractivity contribution in [1.29, 1.82) is 0 Å². The topological polar surface area (TPSA) is 99.6 Å². The van der Waals surface area contributed by atoms with E-state index >= 15 is 0 Å². The van der Waals surface area contributed by atoms with E-state index in [-0.39, 0.29) is 27.9 Å². The summed E-state index contributed by atoms with van der Waals surface area (Å²) in [6.45, 7) is 0. The van der Waals surface area contributed by atoms with Crippen molar-refractivity contribution in [1.82, 2.24) is 9.66 Å². The monoisotopic (exact) mass is 440 g/mol. The van der Waals surface area contributed by atoms with Gasteiger partial charge in [-0.3, -0.25) is 14.9 Å². The van der Waals surface area contributed by atoms with Gasteiger partial charge in [0.25, 0.3) is 5.56 Å². The van der Waals surface area contributed by atoms with Gasteiger partial charge in [0.1, 0.15) is 5.82 Å². The fraction of sp³-hybridized carbons (Fsp3) is 0.318. The summed E-state index contributed by atoms with van der Waals surface area (Å²) in [6.07, 6.45) is 6.61. The molecular formula is C22H21ClN4O4. The minimum atomic E-state index is -0.570. The first-order valence-electron chi connectivity index (χ1n) is 10.1. The minimum absolute atomic E-state index is 0.0174. The van der Waals surface area contributed by atoms with Gasteiger partial charge in [-0.15, -0.1) is 0 Å². The lowest BCUT2D eigenvalue weighted by atomic mass is 9.88. The zero-order valence-corrected chi connectivity index (χ0v) is 17.7. The third-order valence-corrected chi connectivity index (χ3v) is 5.80. The molecule has 0 atom stereocenters. The van der Waals surface area contributed by atoms with E-state index in [1.807, 2.05) is 12.1 Å². The van der Waals surface area contributed by atoms with Crippen molar-refractivity contribution in [2.24, 2.45) is 5.10 Å². The molecule has 0 unspecified atom stereocenters. The number of aromatic nitrogens is 2. The first-order valence-corrected chi connectivity index (χ1v) is 10.5. The molecule has 0 radical (unpaired) electrons. The molecule has 0 aliphatic heterocycles. The number of nitrogens with zero attached hydrogens (tertiary/aromatic N) is 4. The smallest absolute Gasteiger partial charge is 0.313 e. The molecule has 3 aromatic rings. The summed E-state index contributed by atoms with van der Waals surface area (Å²) >= 11 is 6.15. The van der Waals surface area contributed by atoms with Crippen LogP contribution in [0.2, 0.25) is 5.02 Å². The molecule has 0 saturated heterocycles. The number of nitro benzene ring substituents is 1. The fourth-order valence-electron chi connectivity index (χ4n) is 4.01. The third kappa shape index (κ3) is 4.16. The van der Waals surface area contributed by atoms with Crippen LogP contribution in [0, 0.1) is 10.1 Å². The van der Waals surface area contributed by atoms with Crippen molar-refractivity contribution in [3.05, 3.63) is 73.3 Å². The Bertz CT molecular complexity index is 1230. The van der Waals surface area contributed by atoms with Crippen LogP contribution in [0.5, 0.6) is 5.75 Å². The maximum Gasteiger partial charge on any atom is 0.313 e. The Balaban J connectivity index is 1.84. The van der Waals surface area contributed by atoms with Crippen LogP contribution in [0.1, 0.15) is 49.4 Å². The highest BCUT2D eigenvalue weighted by atomic mass is 35.5. The standard InChI is InChI=1S/C22H21ClN4O4/c1-31-20-17(23)11-14(12-19(20)27(29)30)13-24-26-21(15-7-3-2-4-8-15)25-18-10-6-5-9-16(18)22(26)28/h5-6,9-13,15H,2-4,7-8H2,1H3. The number of hydrogen-bond donors (Lipinski definition) is 0. The SMILES string of the molecule is COc1c(Cl)cc(C=Nn2c(C3CCCCC3)nc3ccccc3c2=O)cc1[N+](=O)[O-]. The predicted octanol–water partition coefficient (Wildman–Crippen LogP) is 4.90. The molecule has 4 rings (SSSR count). The lowest BCUT2D eigenvalue weighted by molar-refractivity contribution is -0.385. The number of hydrogen-bond acceptors (Lipinski definition) is 6. The molecule has 0 N–H and O–H groups in total. The molecular weight excluding hydrogens is 420 g/mol. The van der Waals surface area contributed by atoms with E-state index in [2.05, 4.69) is 5.10 Å². The summed E-state index contributed by atoms with van der Waals surface area (Å²) in [5.74, 6) is 0.738. The van der Waals surface area contributed by atoms with Crippen molar-refractivity contribution in [2.45, 2.75) is 38.0 Å². The number of rotatable bonds is 5. The van der Waals surface area contributed by atoms with Gasteiger partial charge >= 0.3 is 5.69 Å². The van der Waals surface area contributed by atoms with Gasteiger partial charge in [0.05, 0.1) is 34.2 Å². The van der Waals surface area contributed by atoms with Crippen LogP contribution in [0.25, 0.3) is 10.9 Å². The Hall–Kier alpha value is -3.26. The van der Waals surface area contributed by atoms with E-state index in [4.69, 9.17) is 21.3 Å². The summed E-state index contributed by atoms with van der Waals surface area (Å²) in [4.78, 5) is 28.8. The maximum absolute atomic E-state index is 13.2. The molecule has 1 fully saturated rings. The number of ether oxygens (including phenoxy) is 1. The van der Waals surface area contributed by atoms with Crippen LogP contribution in [-0.2, 0) is 0 Å². The number of para-hydroxylation sites is 1. The molecule has 1 aliphatic rings. The van der Waals surface area contributed by atoms with Crippen molar-refractivity contribution in [2.75, 3.05) is 7.11 Å². The Morgan fingerprint density at radius 2 is 2.00 bits per heavy atom. The lowest BCUT2D eigenvalue weighted by Crippen LogP contribution is -2.25. The Morgan fingerprint density at radius 3 is 2.71 bits per heavy atom. The number of fused-ring (bicyclic) bond motifs is 1. The second-order valence-electron chi connectivity index (χ2n) is 7.50. The second-order valence-corrected chi connectivity index (χ2v) is 7.90. The number of nitro groups is 1. The van der Waals surface area contributed by atoms with Crippen molar-refractivity contribution in [3.63, 3.8) is 0 Å². The van der Waals surface area contributed by atoms with Gasteiger partial charge in [-0.05, 0) is 31.0 Å². The normalized spacial score (nSPS) is 14.9. The average molecular weight is 441 g/mol. The molecule has 160 valence electrons. The van der Waals surface area contributed by atoms with Gasteiger partial charge in [0.15, 0.2) is 0 Å². The summed E-state index contributed by atoms with van der Waals surface area (Å²) in [5.41, 5.74) is 0.485. The number of methoxy groups -OCH3 is 1. The van der Waals surface area contributed by atoms with E-state index in [9.17, 15) is 14.9 Å². The van der Waals surface area contributed by atoms with Crippen LogP contribution in [-0.4, -0.2) is 27.9 Å². The van der Waals surface area contributed by atoms with E-state index in [0.717, 1.165) is 25.7 Å². The summed E-state index contributed by atoms with van der Waals surface area (Å²) < 4.78 is 6.36. The Morgan fingerprint density at radius 1 is 1.26 bits per heavy atom. The largest absolute Gasteiger partial charge is 0.489 e. The molecule has 1 aromatic heterocycles. The van der Waals surface area contributed by atoms with Crippen LogP contribution in [0.3, 0.4) is 0 Å². The van der Waals surface area contributed by atoms with E-state index in [0.29, 0.717) is 22.3 Å². The zero-order chi connectivity index (χ0) is 22.0. The molecule has 1 heterocycles. The maximum atomic E-state index is 13.2. The van der Waals surface area contributed by atoms with Gasteiger partial charge in [-0.25, -0.2) is 4.98 Å². The number of halogens is 1. The number of benzene rings is 2. The van der Waals surface area contributed by atoms with Gasteiger partial charge in [-0.1, -0.05) is 43.0 Å². The van der Waals surface area contributed by atoms with E-state index < -0.39 is 4.92 Å². The van der Waals surface area contributed by atoms with E-state index in [1.54, 1.807) is 12.1 Å². The minimum Gasteiger partial charge on any atom is -0.489 e. The molecule has 1 saturated carbocycles. The van der Waals surface area contributed by atoms with Gasteiger partial charge < -0.3 is 4.74 Å². The van der Waals surface area contributed by atoms with Crippen LogP contribution >= 0.6 is 11.6 Å². The zero-order valence-electron chi connectivity index (χ0n) is 17.0. The van der Waals surface area contributed by atoms with Crippen LogP contribution < -0.4 is 10.3 Å². The molecule has 0 spiro atoms. The van der Waals surface area contributed by atoms with Crippen molar-refractivity contribution >= 4 is 34.4 Å². The van der Waals surface area contributed by atoms with Crippen LogP contribution in [0.4, 0.5) is 5.69 Å². The molecule has 31 heavy (non-hydrogen) atoms. The lowest BCUT2D eigenvalue weighted by Gasteiger charge is -2.22. The van der Waals surface area contributed by atoms with Crippen LogP contribution in [0.15, 0.2) is 46.3 Å². The first kappa shape index (κ1) is 21.0. The highest BCUT2D eigenvalue weighted by Crippen LogP contribution is 2.35. The van der Waals surface area contributed by atoms with E-state index in [1.165, 1.54) is 36.6 Å². The summed E-state index contributed by atoms with van der Waals surface area (Å²) in [7, 11) is 1.32. The Labute approximate surface area is 183 Å². The molecule has 8 nitrogen and oxygen atoms in total. The first-order chi connectivity index (χ1) is 15.0. The quantitative estimate of drug-likeness (QED) is 0.319. The van der Waals surface area contributed by atoms with Gasteiger partial charge in [0, 0.05) is 17.5 Å². The predicted molar refractivity (Wildman–Crippen MR) is 119 cm³/mol.